The molecule has 0 fully saturated rings. The molecule has 9 nitrogen and oxygen atoms in total. The van der Waals surface area contributed by atoms with E-state index < -0.39 is 10.7 Å². The molecule has 0 spiro atoms. The number of carbonyl (C=O) groups excluding carboxylic acids is 1. The first-order valence-electron chi connectivity index (χ1n) is 8.63. The van der Waals surface area contributed by atoms with Crippen LogP contribution in [0.3, 0.4) is 0 Å². The number of halogens is 2. The largest absolute Gasteiger partial charge is 0.408 e. The number of carbonyl (C=O) groups is 1. The maximum atomic E-state index is 12.4. The van der Waals surface area contributed by atoms with Crippen LogP contribution in [-0.2, 0) is 17.9 Å². The van der Waals surface area contributed by atoms with Gasteiger partial charge in [0.2, 0.25) is 5.91 Å². The molecule has 29 heavy (non-hydrogen) atoms. The van der Waals surface area contributed by atoms with Crippen LogP contribution in [0, 0.1) is 30.9 Å². The SMILES string of the molecule is Cc1nn(Cc2cccc(NC(=O)Cn3nc([N+](=O)[O-])c(Cl)c3C)c2)c(C)c1Br. The van der Waals surface area contributed by atoms with E-state index in [0.29, 0.717) is 17.9 Å². The zero-order valence-electron chi connectivity index (χ0n) is 15.9. The van der Waals surface area contributed by atoms with Gasteiger partial charge in [0.1, 0.15) is 6.54 Å². The zero-order valence-corrected chi connectivity index (χ0v) is 18.3. The second kappa shape index (κ2) is 8.34. The van der Waals surface area contributed by atoms with Gasteiger partial charge in [-0.2, -0.15) is 9.78 Å². The van der Waals surface area contributed by atoms with Crippen molar-refractivity contribution in [3.05, 3.63) is 66.5 Å². The third-order valence-electron chi connectivity index (χ3n) is 4.42. The Bertz CT molecular complexity index is 1110. The highest BCUT2D eigenvalue weighted by Crippen LogP contribution is 2.26. The highest BCUT2D eigenvalue weighted by Gasteiger charge is 2.25. The molecule has 11 heteroatoms. The van der Waals surface area contributed by atoms with Crippen molar-refractivity contribution in [2.45, 2.75) is 33.9 Å². The number of nitrogens with zero attached hydrogens (tertiary/aromatic N) is 5. The molecule has 1 amide bonds. The number of anilines is 1. The van der Waals surface area contributed by atoms with E-state index >= 15 is 0 Å². The van der Waals surface area contributed by atoms with Gasteiger partial charge in [-0.3, -0.25) is 9.48 Å². The van der Waals surface area contributed by atoms with E-state index in [-0.39, 0.29) is 17.5 Å². The molecule has 0 saturated carbocycles. The van der Waals surface area contributed by atoms with Crippen molar-refractivity contribution in [1.82, 2.24) is 19.6 Å². The Morgan fingerprint density at radius 1 is 1.24 bits per heavy atom. The molecule has 0 radical (unpaired) electrons. The van der Waals surface area contributed by atoms with Crippen molar-refractivity contribution in [2.75, 3.05) is 5.32 Å². The van der Waals surface area contributed by atoms with E-state index in [1.807, 2.05) is 36.7 Å². The molecule has 0 unspecified atom stereocenters. The van der Waals surface area contributed by atoms with Crippen molar-refractivity contribution >= 4 is 44.9 Å². The van der Waals surface area contributed by atoms with Gasteiger partial charge in [0.15, 0.2) is 5.02 Å². The number of hydrogen-bond acceptors (Lipinski definition) is 5. The summed E-state index contributed by atoms with van der Waals surface area (Å²) in [6.45, 7) is 5.85. The van der Waals surface area contributed by atoms with Crippen molar-refractivity contribution in [2.24, 2.45) is 0 Å². The van der Waals surface area contributed by atoms with Crippen LogP contribution in [0.5, 0.6) is 0 Å². The Morgan fingerprint density at radius 2 is 1.97 bits per heavy atom. The van der Waals surface area contributed by atoms with Crippen LogP contribution in [0.4, 0.5) is 11.5 Å². The van der Waals surface area contributed by atoms with E-state index in [4.69, 9.17) is 11.6 Å². The van der Waals surface area contributed by atoms with Crippen LogP contribution >= 0.6 is 27.5 Å². The minimum atomic E-state index is -0.676. The molecule has 3 aromatic rings. The monoisotopic (exact) mass is 480 g/mol. The van der Waals surface area contributed by atoms with E-state index in [0.717, 1.165) is 21.4 Å². The lowest BCUT2D eigenvalue weighted by Crippen LogP contribution is -2.20. The average molecular weight is 482 g/mol. The fourth-order valence-corrected chi connectivity index (χ4v) is 3.35. The first kappa shape index (κ1) is 21.0. The van der Waals surface area contributed by atoms with E-state index in [2.05, 4.69) is 31.4 Å². The lowest BCUT2D eigenvalue weighted by Gasteiger charge is -2.09. The number of nitrogens with one attached hydrogen (secondary N) is 1. The van der Waals surface area contributed by atoms with Crippen molar-refractivity contribution in [1.29, 1.82) is 0 Å². The minimum absolute atomic E-state index is 0.0687. The maximum Gasteiger partial charge on any atom is 0.408 e. The third kappa shape index (κ3) is 4.48. The average Bonchev–Trinajstić information content (AvgIpc) is 3.07. The molecule has 3 rings (SSSR count). The standard InChI is InChI=1S/C18H18BrClN6O3/c1-10-16(19)11(2)24(22-10)8-13-5-4-6-14(7-13)21-15(27)9-25-12(3)17(20)18(23-25)26(28)29/h4-7H,8-9H2,1-3H3,(H,21,27). The van der Waals surface area contributed by atoms with Gasteiger partial charge in [-0.25, -0.2) is 0 Å². The Labute approximate surface area is 179 Å². The summed E-state index contributed by atoms with van der Waals surface area (Å²) in [5.41, 5.74) is 3.87. The van der Waals surface area contributed by atoms with Crippen LogP contribution in [0.15, 0.2) is 28.7 Å². The molecule has 2 heterocycles. The first-order valence-corrected chi connectivity index (χ1v) is 9.80. The Balaban J connectivity index is 1.72. The fraction of sp³-hybridized carbons (Fsp3) is 0.278. The van der Waals surface area contributed by atoms with Gasteiger partial charge >= 0.3 is 5.82 Å². The number of benzene rings is 1. The molecule has 0 saturated heterocycles. The fourth-order valence-electron chi connectivity index (χ4n) is 2.86. The number of amides is 1. The Morgan fingerprint density at radius 3 is 2.55 bits per heavy atom. The van der Waals surface area contributed by atoms with Crippen molar-refractivity contribution in [3.8, 4) is 0 Å². The molecule has 0 bridgehead atoms. The quantitative estimate of drug-likeness (QED) is 0.423. The Kier molecular flexibility index (Phi) is 6.04. The summed E-state index contributed by atoms with van der Waals surface area (Å²) in [7, 11) is 0. The van der Waals surface area contributed by atoms with Crippen LogP contribution in [0.2, 0.25) is 5.02 Å². The molecule has 2 aromatic heterocycles. The van der Waals surface area contributed by atoms with Gasteiger partial charge < -0.3 is 15.4 Å². The van der Waals surface area contributed by atoms with Crippen molar-refractivity contribution < 1.29 is 9.72 Å². The topological polar surface area (TPSA) is 108 Å². The summed E-state index contributed by atoms with van der Waals surface area (Å²) < 4.78 is 4.08. The molecule has 152 valence electrons. The van der Waals surface area contributed by atoms with Gasteiger partial charge in [-0.15, -0.1) is 0 Å². The first-order chi connectivity index (χ1) is 13.7. The summed E-state index contributed by atoms with van der Waals surface area (Å²) in [4.78, 5) is 22.6. The van der Waals surface area contributed by atoms with Crippen molar-refractivity contribution in [3.63, 3.8) is 0 Å². The summed E-state index contributed by atoms with van der Waals surface area (Å²) in [6, 6.07) is 7.41. The molecule has 0 aliphatic heterocycles. The van der Waals surface area contributed by atoms with E-state index in [1.54, 1.807) is 13.0 Å². The van der Waals surface area contributed by atoms with Gasteiger partial charge in [-0.05, 0) is 59.3 Å². The third-order valence-corrected chi connectivity index (χ3v) is 6.01. The highest BCUT2D eigenvalue weighted by molar-refractivity contribution is 9.10. The van der Waals surface area contributed by atoms with Crippen LogP contribution in [0.1, 0.15) is 22.6 Å². The zero-order chi connectivity index (χ0) is 21.3. The summed E-state index contributed by atoms with van der Waals surface area (Å²) in [5, 5.41) is 21.9. The lowest BCUT2D eigenvalue weighted by molar-refractivity contribution is -0.389. The van der Waals surface area contributed by atoms with Gasteiger partial charge in [0, 0.05) is 5.69 Å². The maximum absolute atomic E-state index is 12.4. The summed E-state index contributed by atoms with van der Waals surface area (Å²) in [5.74, 6) is -0.830. The van der Waals surface area contributed by atoms with Gasteiger partial charge in [-0.1, -0.05) is 23.7 Å². The molecular formula is C18H18BrClN6O3. The molecule has 1 aromatic carbocycles. The minimum Gasteiger partial charge on any atom is -0.358 e. The second-order valence-electron chi connectivity index (χ2n) is 6.53. The predicted octanol–water partition coefficient (Wildman–Crippen LogP) is 4.02. The molecule has 0 atom stereocenters. The van der Waals surface area contributed by atoms with Crippen LogP contribution in [0.25, 0.3) is 0 Å². The normalized spacial score (nSPS) is 10.9. The lowest BCUT2D eigenvalue weighted by atomic mass is 10.2. The molecule has 0 aliphatic carbocycles. The number of hydrogen-bond donors (Lipinski definition) is 1. The summed E-state index contributed by atoms with van der Waals surface area (Å²) in [6.07, 6.45) is 0. The number of aryl methyl sites for hydroxylation is 1. The Hall–Kier alpha value is -2.72. The number of nitro groups is 1. The molecule has 1 N–H and O–H groups in total. The predicted molar refractivity (Wildman–Crippen MR) is 112 cm³/mol. The summed E-state index contributed by atoms with van der Waals surface area (Å²) >= 11 is 9.42. The van der Waals surface area contributed by atoms with Crippen LogP contribution < -0.4 is 5.32 Å². The molecule has 0 aliphatic rings. The number of rotatable bonds is 6. The van der Waals surface area contributed by atoms with E-state index in [1.165, 1.54) is 4.68 Å². The van der Waals surface area contributed by atoms with Gasteiger partial charge in [0.25, 0.3) is 0 Å². The highest BCUT2D eigenvalue weighted by atomic mass is 79.9. The number of aromatic nitrogens is 4. The second-order valence-corrected chi connectivity index (χ2v) is 7.70. The molecular weight excluding hydrogens is 464 g/mol. The van der Waals surface area contributed by atoms with E-state index in [9.17, 15) is 14.9 Å². The van der Waals surface area contributed by atoms with Crippen LogP contribution in [-0.4, -0.2) is 30.4 Å². The van der Waals surface area contributed by atoms with Gasteiger partial charge in [0.05, 0.1) is 33.2 Å². The smallest absolute Gasteiger partial charge is 0.358 e.